The molecule has 2 rings (SSSR count). The van der Waals surface area contributed by atoms with Crippen LogP contribution < -0.4 is 5.32 Å². The van der Waals surface area contributed by atoms with Crippen molar-refractivity contribution in [2.75, 3.05) is 0 Å². The van der Waals surface area contributed by atoms with E-state index in [-0.39, 0.29) is 5.92 Å². The first kappa shape index (κ1) is 11.0. The minimum Gasteiger partial charge on any atom is -0.353 e. The molecule has 0 spiro atoms. The van der Waals surface area contributed by atoms with E-state index >= 15 is 0 Å². The fourth-order valence-corrected chi connectivity index (χ4v) is 3.46. The van der Waals surface area contributed by atoms with E-state index in [1.165, 1.54) is 12.8 Å². The number of piperidine rings is 1. The van der Waals surface area contributed by atoms with Crippen LogP contribution in [-0.4, -0.2) is 11.9 Å². The summed E-state index contributed by atoms with van der Waals surface area (Å²) in [6, 6.07) is 0.436. The van der Waals surface area contributed by atoms with E-state index in [0.29, 0.717) is 29.7 Å². The van der Waals surface area contributed by atoms with Crippen molar-refractivity contribution in [2.24, 2.45) is 29.6 Å². The molecule has 2 fully saturated rings. The number of carbonyl (C=O) groups is 1. The Morgan fingerprint density at radius 3 is 2.07 bits per heavy atom. The Balaban J connectivity index is 2.14. The molecular formula is C13H23NO. The van der Waals surface area contributed by atoms with Crippen molar-refractivity contribution >= 4 is 5.91 Å². The summed E-state index contributed by atoms with van der Waals surface area (Å²) in [5, 5.41) is 3.24. The molecule has 0 aromatic heterocycles. The first-order chi connectivity index (χ1) is 7.02. The minimum absolute atomic E-state index is 0.277. The monoisotopic (exact) mass is 209 g/mol. The molecule has 15 heavy (non-hydrogen) atoms. The van der Waals surface area contributed by atoms with Crippen LogP contribution in [0.3, 0.4) is 0 Å². The fourth-order valence-electron chi connectivity index (χ4n) is 3.46. The van der Waals surface area contributed by atoms with E-state index in [2.05, 4.69) is 33.0 Å². The van der Waals surface area contributed by atoms with Crippen LogP contribution in [0.2, 0.25) is 0 Å². The number of hydrogen-bond donors (Lipinski definition) is 1. The summed E-state index contributed by atoms with van der Waals surface area (Å²) >= 11 is 0. The molecule has 0 aromatic carbocycles. The Morgan fingerprint density at radius 2 is 1.67 bits per heavy atom. The maximum Gasteiger partial charge on any atom is 0.223 e. The second kappa shape index (κ2) is 3.80. The molecule has 1 aliphatic heterocycles. The summed E-state index contributed by atoms with van der Waals surface area (Å²) < 4.78 is 0. The lowest BCUT2D eigenvalue weighted by molar-refractivity contribution is -0.141. The Bertz CT molecular complexity index is 259. The standard InChI is InChI=1S/C13H23NO/c1-7(2)11-9-5-6-10(9)12(8(3)4)14-13(11)15/h7-12H,5-6H2,1-4H3,(H,14,15). The summed E-state index contributed by atoms with van der Waals surface area (Å²) in [6.07, 6.45) is 2.58. The lowest BCUT2D eigenvalue weighted by Crippen LogP contribution is -2.61. The van der Waals surface area contributed by atoms with Gasteiger partial charge in [0.15, 0.2) is 0 Å². The van der Waals surface area contributed by atoms with Crippen molar-refractivity contribution < 1.29 is 4.79 Å². The normalized spacial score (nSPS) is 40.0. The molecule has 4 atom stereocenters. The van der Waals surface area contributed by atoms with Crippen LogP contribution >= 0.6 is 0 Å². The molecule has 0 radical (unpaired) electrons. The van der Waals surface area contributed by atoms with Crippen LogP contribution in [0, 0.1) is 29.6 Å². The second-order valence-corrected chi connectivity index (χ2v) is 5.95. The van der Waals surface area contributed by atoms with Crippen LogP contribution in [0.4, 0.5) is 0 Å². The van der Waals surface area contributed by atoms with Crippen molar-refractivity contribution in [2.45, 2.75) is 46.6 Å². The van der Waals surface area contributed by atoms with Gasteiger partial charge in [-0.15, -0.1) is 0 Å². The summed E-state index contributed by atoms with van der Waals surface area (Å²) in [6.45, 7) is 8.79. The van der Waals surface area contributed by atoms with Crippen molar-refractivity contribution in [1.29, 1.82) is 0 Å². The van der Waals surface area contributed by atoms with Gasteiger partial charge in [0.1, 0.15) is 0 Å². The lowest BCUT2D eigenvalue weighted by atomic mass is 9.57. The van der Waals surface area contributed by atoms with Gasteiger partial charge in [0.25, 0.3) is 0 Å². The van der Waals surface area contributed by atoms with E-state index in [0.717, 1.165) is 5.92 Å². The molecule has 2 nitrogen and oxygen atoms in total. The van der Waals surface area contributed by atoms with Crippen molar-refractivity contribution in [3.05, 3.63) is 0 Å². The summed E-state index contributed by atoms with van der Waals surface area (Å²) in [5.41, 5.74) is 0. The highest BCUT2D eigenvalue weighted by molar-refractivity contribution is 5.80. The van der Waals surface area contributed by atoms with Crippen LogP contribution in [0.1, 0.15) is 40.5 Å². The van der Waals surface area contributed by atoms with Gasteiger partial charge < -0.3 is 5.32 Å². The van der Waals surface area contributed by atoms with Crippen LogP contribution in [0.25, 0.3) is 0 Å². The molecule has 2 aliphatic rings. The van der Waals surface area contributed by atoms with Crippen molar-refractivity contribution in [1.82, 2.24) is 5.32 Å². The number of fused-ring (bicyclic) bond motifs is 1. The van der Waals surface area contributed by atoms with Crippen LogP contribution in [-0.2, 0) is 4.79 Å². The van der Waals surface area contributed by atoms with Gasteiger partial charge in [0.2, 0.25) is 5.91 Å². The van der Waals surface area contributed by atoms with E-state index in [4.69, 9.17) is 0 Å². The highest BCUT2D eigenvalue weighted by Gasteiger charge is 2.50. The number of amides is 1. The molecule has 86 valence electrons. The maximum absolute atomic E-state index is 12.0. The third-order valence-electron chi connectivity index (χ3n) is 4.35. The molecule has 4 unspecified atom stereocenters. The molecule has 1 heterocycles. The molecule has 2 heteroatoms. The molecule has 0 aromatic rings. The van der Waals surface area contributed by atoms with E-state index in [9.17, 15) is 4.79 Å². The Kier molecular flexibility index (Phi) is 2.78. The maximum atomic E-state index is 12.0. The summed E-state index contributed by atoms with van der Waals surface area (Å²) in [5.74, 6) is 3.09. The van der Waals surface area contributed by atoms with Crippen molar-refractivity contribution in [3.8, 4) is 0 Å². The number of hydrogen-bond acceptors (Lipinski definition) is 1. The quantitative estimate of drug-likeness (QED) is 0.743. The zero-order valence-corrected chi connectivity index (χ0v) is 10.3. The minimum atomic E-state index is 0.277. The zero-order chi connectivity index (χ0) is 11.2. The zero-order valence-electron chi connectivity index (χ0n) is 10.3. The van der Waals surface area contributed by atoms with E-state index < -0.39 is 0 Å². The smallest absolute Gasteiger partial charge is 0.223 e. The highest BCUT2D eigenvalue weighted by Crippen LogP contribution is 2.48. The average Bonchev–Trinajstić information content (AvgIpc) is 2.08. The summed E-state index contributed by atoms with van der Waals surface area (Å²) in [7, 11) is 0. The molecule has 1 saturated carbocycles. The Labute approximate surface area is 92.8 Å². The Morgan fingerprint density at radius 1 is 1.07 bits per heavy atom. The van der Waals surface area contributed by atoms with Gasteiger partial charge in [-0.05, 0) is 36.5 Å². The van der Waals surface area contributed by atoms with Gasteiger partial charge in [-0.3, -0.25) is 4.79 Å². The molecule has 1 aliphatic carbocycles. The number of nitrogens with one attached hydrogen (secondary N) is 1. The van der Waals surface area contributed by atoms with Crippen LogP contribution in [0.5, 0.6) is 0 Å². The molecular weight excluding hydrogens is 186 g/mol. The topological polar surface area (TPSA) is 29.1 Å². The average molecular weight is 209 g/mol. The predicted octanol–water partition coefficient (Wildman–Crippen LogP) is 2.44. The van der Waals surface area contributed by atoms with Crippen molar-refractivity contribution in [3.63, 3.8) is 0 Å². The molecule has 1 N–H and O–H groups in total. The molecule has 0 bridgehead atoms. The first-order valence-corrected chi connectivity index (χ1v) is 6.32. The van der Waals surface area contributed by atoms with E-state index in [1.54, 1.807) is 0 Å². The summed E-state index contributed by atoms with van der Waals surface area (Å²) in [4.78, 5) is 12.0. The molecule has 1 amide bonds. The predicted molar refractivity (Wildman–Crippen MR) is 61.3 cm³/mol. The molecule has 1 saturated heterocycles. The SMILES string of the molecule is CC(C)C1NC(=O)C(C(C)C)C2CCC21. The van der Waals surface area contributed by atoms with Gasteiger partial charge in [0, 0.05) is 12.0 Å². The van der Waals surface area contributed by atoms with Crippen LogP contribution in [0.15, 0.2) is 0 Å². The second-order valence-electron chi connectivity index (χ2n) is 5.95. The fraction of sp³-hybridized carbons (Fsp3) is 0.923. The third-order valence-corrected chi connectivity index (χ3v) is 4.35. The van der Waals surface area contributed by atoms with Gasteiger partial charge >= 0.3 is 0 Å². The Hall–Kier alpha value is -0.530. The largest absolute Gasteiger partial charge is 0.353 e. The number of rotatable bonds is 2. The van der Waals surface area contributed by atoms with E-state index in [1.807, 2.05) is 0 Å². The third kappa shape index (κ3) is 1.68. The van der Waals surface area contributed by atoms with Gasteiger partial charge in [-0.25, -0.2) is 0 Å². The van der Waals surface area contributed by atoms with Gasteiger partial charge in [-0.1, -0.05) is 27.7 Å². The lowest BCUT2D eigenvalue weighted by Gasteiger charge is -2.52. The number of carbonyl (C=O) groups excluding carboxylic acids is 1. The first-order valence-electron chi connectivity index (χ1n) is 6.32. The highest BCUT2D eigenvalue weighted by atomic mass is 16.2. The van der Waals surface area contributed by atoms with Gasteiger partial charge in [-0.2, -0.15) is 0 Å². The van der Waals surface area contributed by atoms with Gasteiger partial charge in [0.05, 0.1) is 0 Å².